The van der Waals surface area contributed by atoms with Gasteiger partial charge in [-0.2, -0.15) is 0 Å². The third kappa shape index (κ3) is 5.76. The molecule has 6 nitrogen and oxygen atoms in total. The molecule has 0 saturated heterocycles. The number of amides is 1. The molecule has 0 radical (unpaired) electrons. The van der Waals surface area contributed by atoms with Crippen molar-refractivity contribution in [1.29, 1.82) is 0 Å². The molecule has 0 unspecified atom stereocenters. The molecule has 1 aromatic heterocycles. The minimum atomic E-state index is -0.349. The molecule has 31 heavy (non-hydrogen) atoms. The molecule has 1 aliphatic carbocycles. The summed E-state index contributed by atoms with van der Waals surface area (Å²) >= 11 is 0. The van der Waals surface area contributed by atoms with Crippen molar-refractivity contribution in [2.24, 2.45) is 0 Å². The van der Waals surface area contributed by atoms with E-state index >= 15 is 0 Å². The summed E-state index contributed by atoms with van der Waals surface area (Å²) in [5, 5.41) is 3.08. The fourth-order valence-corrected chi connectivity index (χ4v) is 4.49. The van der Waals surface area contributed by atoms with Crippen LogP contribution in [-0.2, 0) is 22.6 Å². The van der Waals surface area contributed by atoms with Crippen molar-refractivity contribution in [2.75, 3.05) is 19.0 Å². The van der Waals surface area contributed by atoms with Gasteiger partial charge in [0.1, 0.15) is 6.54 Å². The van der Waals surface area contributed by atoms with Gasteiger partial charge in [-0.25, -0.2) is 4.79 Å². The molecule has 3 rings (SSSR count). The highest BCUT2D eigenvalue weighted by Gasteiger charge is 2.20. The van der Waals surface area contributed by atoms with Gasteiger partial charge >= 0.3 is 5.97 Å². The lowest BCUT2D eigenvalue weighted by Gasteiger charge is -2.31. The summed E-state index contributed by atoms with van der Waals surface area (Å²) in [5.41, 5.74) is 4.10. The van der Waals surface area contributed by atoms with Crippen LogP contribution >= 0.6 is 0 Å². The lowest BCUT2D eigenvalue weighted by atomic mass is 9.94. The third-order valence-electron chi connectivity index (χ3n) is 6.28. The van der Waals surface area contributed by atoms with Crippen molar-refractivity contribution in [3.8, 4) is 0 Å². The highest BCUT2D eigenvalue weighted by Crippen LogP contribution is 2.25. The van der Waals surface area contributed by atoms with E-state index in [1.165, 1.54) is 32.1 Å². The Bertz CT molecular complexity index is 913. The van der Waals surface area contributed by atoms with Gasteiger partial charge in [0.25, 0.3) is 0 Å². The fraction of sp³-hybridized carbons (Fsp3) is 0.520. The smallest absolute Gasteiger partial charge is 0.339 e. The van der Waals surface area contributed by atoms with Crippen molar-refractivity contribution in [3.05, 3.63) is 52.8 Å². The van der Waals surface area contributed by atoms with Crippen LogP contribution in [0.2, 0.25) is 0 Å². The Morgan fingerprint density at radius 3 is 2.58 bits per heavy atom. The first-order chi connectivity index (χ1) is 14.9. The molecule has 1 aromatic carbocycles. The van der Waals surface area contributed by atoms with Gasteiger partial charge in [0.2, 0.25) is 5.91 Å². The first-order valence-electron chi connectivity index (χ1n) is 11.3. The summed E-state index contributed by atoms with van der Waals surface area (Å²) < 4.78 is 6.98. The van der Waals surface area contributed by atoms with E-state index in [1.54, 1.807) is 13.0 Å². The average Bonchev–Trinajstić information content (AvgIpc) is 3.04. The normalized spacial score (nSPS) is 14.6. The number of ether oxygens (including phenoxy) is 1. The van der Waals surface area contributed by atoms with Gasteiger partial charge in [-0.05, 0) is 58.4 Å². The standard InChI is InChI=1S/C25H35N3O3/c1-5-31-25(30)22-15-18(2)28(19(22)3)17-24(29)26-23-14-10-9-11-20(23)16-27(4)21-12-7-6-8-13-21/h9-11,14-15,21H,5-8,12-13,16-17H2,1-4H3,(H,26,29). The average molecular weight is 426 g/mol. The van der Waals surface area contributed by atoms with Gasteiger partial charge in [-0.3, -0.25) is 9.69 Å². The fourth-order valence-electron chi connectivity index (χ4n) is 4.49. The SMILES string of the molecule is CCOC(=O)c1cc(C)n(CC(=O)Nc2ccccc2CN(C)C2CCCCC2)c1C. The van der Waals surface area contributed by atoms with E-state index in [0.29, 0.717) is 18.2 Å². The zero-order valence-corrected chi connectivity index (χ0v) is 19.2. The van der Waals surface area contributed by atoms with Crippen LogP contribution in [0.25, 0.3) is 0 Å². The van der Waals surface area contributed by atoms with Gasteiger partial charge in [0, 0.05) is 29.7 Å². The van der Waals surface area contributed by atoms with E-state index in [2.05, 4.69) is 23.3 Å². The first-order valence-corrected chi connectivity index (χ1v) is 11.3. The number of esters is 1. The number of para-hydroxylation sites is 1. The molecule has 0 aliphatic heterocycles. The van der Waals surface area contributed by atoms with Gasteiger partial charge in [-0.1, -0.05) is 37.5 Å². The molecule has 1 heterocycles. The first kappa shape index (κ1) is 23.1. The van der Waals surface area contributed by atoms with E-state index in [-0.39, 0.29) is 18.4 Å². The van der Waals surface area contributed by atoms with E-state index < -0.39 is 0 Å². The Morgan fingerprint density at radius 1 is 1.16 bits per heavy atom. The number of aromatic nitrogens is 1. The molecular weight excluding hydrogens is 390 g/mol. The molecule has 0 atom stereocenters. The summed E-state index contributed by atoms with van der Waals surface area (Å²) in [4.78, 5) is 27.4. The zero-order valence-electron chi connectivity index (χ0n) is 19.2. The maximum atomic E-state index is 12.9. The Labute approximate surface area is 185 Å². The number of nitrogens with one attached hydrogen (secondary N) is 1. The molecule has 6 heteroatoms. The van der Waals surface area contributed by atoms with Crippen molar-refractivity contribution in [1.82, 2.24) is 9.47 Å². The zero-order chi connectivity index (χ0) is 22.4. The summed E-state index contributed by atoms with van der Waals surface area (Å²) in [6, 6.07) is 10.4. The number of anilines is 1. The molecule has 0 bridgehead atoms. The van der Waals surface area contributed by atoms with Gasteiger partial charge < -0.3 is 14.6 Å². The van der Waals surface area contributed by atoms with Crippen LogP contribution in [0, 0.1) is 13.8 Å². The van der Waals surface area contributed by atoms with Crippen LogP contribution in [0.5, 0.6) is 0 Å². The van der Waals surface area contributed by atoms with Crippen molar-refractivity contribution >= 4 is 17.6 Å². The van der Waals surface area contributed by atoms with Gasteiger partial charge in [0.05, 0.1) is 12.2 Å². The van der Waals surface area contributed by atoms with Crippen LogP contribution in [0.3, 0.4) is 0 Å². The minimum absolute atomic E-state index is 0.107. The summed E-state index contributed by atoms with van der Waals surface area (Å²) in [6.45, 7) is 6.83. The number of benzene rings is 1. The number of hydrogen-bond donors (Lipinski definition) is 1. The predicted octanol–water partition coefficient (Wildman–Crippen LogP) is 4.68. The number of rotatable bonds is 8. The molecule has 2 aromatic rings. The largest absolute Gasteiger partial charge is 0.462 e. The van der Waals surface area contributed by atoms with Gasteiger partial charge in [0.15, 0.2) is 0 Å². The minimum Gasteiger partial charge on any atom is -0.462 e. The second-order valence-electron chi connectivity index (χ2n) is 8.50. The maximum absolute atomic E-state index is 12.9. The van der Waals surface area contributed by atoms with Crippen molar-refractivity contribution < 1.29 is 14.3 Å². The quantitative estimate of drug-likeness (QED) is 0.624. The number of hydrogen-bond acceptors (Lipinski definition) is 4. The predicted molar refractivity (Wildman–Crippen MR) is 123 cm³/mol. The second-order valence-corrected chi connectivity index (χ2v) is 8.50. The van der Waals surface area contributed by atoms with Gasteiger partial charge in [-0.15, -0.1) is 0 Å². The monoisotopic (exact) mass is 425 g/mol. The molecule has 1 fully saturated rings. The lowest BCUT2D eigenvalue weighted by Crippen LogP contribution is -2.33. The van der Waals surface area contributed by atoms with Crippen LogP contribution in [0.15, 0.2) is 30.3 Å². The molecule has 1 N–H and O–H groups in total. The highest BCUT2D eigenvalue weighted by atomic mass is 16.5. The maximum Gasteiger partial charge on any atom is 0.339 e. The summed E-state index contributed by atoms with van der Waals surface area (Å²) in [7, 11) is 2.18. The molecule has 1 aliphatic rings. The molecule has 1 saturated carbocycles. The van der Waals surface area contributed by atoms with Crippen molar-refractivity contribution in [2.45, 2.75) is 72.0 Å². The van der Waals surface area contributed by atoms with E-state index in [4.69, 9.17) is 4.74 Å². The number of carbonyl (C=O) groups excluding carboxylic acids is 2. The Morgan fingerprint density at radius 2 is 1.87 bits per heavy atom. The summed E-state index contributed by atoms with van der Waals surface area (Å²) in [6.07, 6.45) is 6.45. The number of nitrogens with zero attached hydrogens (tertiary/aromatic N) is 2. The summed E-state index contributed by atoms with van der Waals surface area (Å²) in [5.74, 6) is -0.455. The number of aryl methyl sites for hydroxylation is 1. The van der Waals surface area contributed by atoms with Crippen molar-refractivity contribution in [3.63, 3.8) is 0 Å². The Kier molecular flexibility index (Phi) is 7.91. The van der Waals surface area contributed by atoms with E-state index in [0.717, 1.165) is 29.2 Å². The van der Waals surface area contributed by atoms with E-state index in [1.807, 2.05) is 36.6 Å². The molecule has 168 valence electrons. The second kappa shape index (κ2) is 10.6. The number of carbonyl (C=O) groups is 2. The molecule has 0 spiro atoms. The topological polar surface area (TPSA) is 63.6 Å². The Balaban J connectivity index is 1.68. The van der Waals surface area contributed by atoms with Crippen LogP contribution in [-0.4, -0.2) is 41.0 Å². The Hall–Kier alpha value is -2.60. The molecular formula is C25H35N3O3. The highest BCUT2D eigenvalue weighted by molar-refractivity contribution is 5.93. The van der Waals surface area contributed by atoms with Crippen LogP contribution < -0.4 is 5.32 Å². The lowest BCUT2D eigenvalue weighted by molar-refractivity contribution is -0.116. The third-order valence-corrected chi connectivity index (χ3v) is 6.28. The van der Waals surface area contributed by atoms with Crippen LogP contribution in [0.1, 0.15) is 66.3 Å². The van der Waals surface area contributed by atoms with E-state index in [9.17, 15) is 9.59 Å². The molecule has 1 amide bonds. The van der Waals surface area contributed by atoms with Crippen LogP contribution in [0.4, 0.5) is 5.69 Å².